The van der Waals surface area contributed by atoms with Crippen LogP contribution in [0.25, 0.3) is 0 Å². The van der Waals surface area contributed by atoms with E-state index >= 15 is 0 Å². The van der Waals surface area contributed by atoms with Gasteiger partial charge in [0, 0.05) is 29.9 Å². The van der Waals surface area contributed by atoms with E-state index in [1.807, 2.05) is 18.2 Å². The summed E-state index contributed by atoms with van der Waals surface area (Å²) in [6.07, 6.45) is -0.940. The lowest BCUT2D eigenvalue weighted by molar-refractivity contribution is 0.0841. The predicted molar refractivity (Wildman–Crippen MR) is 126 cm³/mol. The van der Waals surface area contributed by atoms with Crippen LogP contribution in [0.15, 0.2) is 66.7 Å². The highest BCUT2D eigenvalue weighted by molar-refractivity contribution is 6.05. The summed E-state index contributed by atoms with van der Waals surface area (Å²) in [6, 6.07) is 17.8. The second kappa shape index (κ2) is 11.6. The molecule has 0 heterocycles. The molecule has 2 amide bonds. The second-order valence-electron chi connectivity index (χ2n) is 7.28. The fourth-order valence-electron chi connectivity index (χ4n) is 3.02. The number of aromatic hydroxyl groups is 1. The highest BCUT2D eigenvalue weighted by Gasteiger charge is 2.16. The summed E-state index contributed by atoms with van der Waals surface area (Å²) in [5.41, 5.74) is 0.582. The summed E-state index contributed by atoms with van der Waals surface area (Å²) in [5.74, 6) is 0.164. The summed E-state index contributed by atoms with van der Waals surface area (Å²) in [5, 5.41) is 25.5. The maximum absolute atomic E-state index is 12.6. The Morgan fingerprint density at radius 1 is 0.882 bits per heavy atom. The predicted octanol–water partition coefficient (Wildman–Crippen LogP) is 2.83. The third-order valence-corrected chi connectivity index (χ3v) is 4.80. The van der Waals surface area contributed by atoms with E-state index in [2.05, 4.69) is 10.6 Å². The number of benzene rings is 3. The van der Waals surface area contributed by atoms with Crippen molar-refractivity contribution in [3.05, 3.63) is 77.9 Å². The minimum atomic E-state index is -0.940. The monoisotopic (exact) mass is 466 g/mol. The number of nitrogens with one attached hydrogen (secondary N) is 2. The molecule has 0 radical (unpaired) electrons. The Balaban J connectivity index is 1.56. The van der Waals surface area contributed by atoms with Crippen LogP contribution in [-0.2, 0) is 0 Å². The number of aliphatic hydroxyl groups is 1. The van der Waals surface area contributed by atoms with Crippen molar-refractivity contribution in [2.75, 3.05) is 32.7 Å². The number of ether oxygens (including phenoxy) is 3. The lowest BCUT2D eigenvalue weighted by Gasteiger charge is -2.14. The molecule has 9 heteroatoms. The van der Waals surface area contributed by atoms with Gasteiger partial charge in [0.05, 0.1) is 19.8 Å². The molecule has 0 spiro atoms. The highest BCUT2D eigenvalue weighted by Crippen LogP contribution is 2.25. The fourth-order valence-corrected chi connectivity index (χ4v) is 3.02. The zero-order valence-corrected chi connectivity index (χ0v) is 18.8. The molecule has 0 fully saturated rings. The van der Waals surface area contributed by atoms with Crippen molar-refractivity contribution < 1.29 is 34.0 Å². The normalized spacial score (nSPS) is 11.3. The molecule has 0 aliphatic heterocycles. The first-order valence-corrected chi connectivity index (χ1v) is 10.4. The first-order chi connectivity index (χ1) is 16.4. The van der Waals surface area contributed by atoms with E-state index in [9.17, 15) is 19.8 Å². The van der Waals surface area contributed by atoms with E-state index in [0.717, 1.165) is 0 Å². The topological polar surface area (TPSA) is 126 Å². The van der Waals surface area contributed by atoms with Crippen LogP contribution in [0.5, 0.6) is 23.0 Å². The number of carbonyl (C=O) groups is 2. The molecule has 0 saturated heterocycles. The standard InChI is InChI=1S/C25H26N2O7/c1-32-20-10-16(11-21(13-20)33-2)24(30)27-17-8-9-22(23(29)12-17)25(31)26-14-18(28)15-34-19-6-4-3-5-7-19/h3-13,18,28-29H,14-15H2,1-2H3,(H,26,31)(H,27,30)/t18-/m1/s1. The first-order valence-electron chi connectivity index (χ1n) is 10.4. The van der Waals surface area contributed by atoms with E-state index < -0.39 is 17.9 Å². The zero-order valence-electron chi connectivity index (χ0n) is 18.8. The Labute approximate surface area is 196 Å². The van der Waals surface area contributed by atoms with Crippen LogP contribution in [-0.4, -0.2) is 55.5 Å². The van der Waals surface area contributed by atoms with Crippen molar-refractivity contribution >= 4 is 17.5 Å². The summed E-state index contributed by atoms with van der Waals surface area (Å²) in [4.78, 5) is 25.0. The molecule has 34 heavy (non-hydrogen) atoms. The number of carbonyl (C=O) groups excluding carboxylic acids is 2. The minimum Gasteiger partial charge on any atom is -0.507 e. The van der Waals surface area contributed by atoms with Crippen molar-refractivity contribution in [3.8, 4) is 23.0 Å². The molecular formula is C25H26N2O7. The van der Waals surface area contributed by atoms with E-state index in [0.29, 0.717) is 22.8 Å². The van der Waals surface area contributed by atoms with Gasteiger partial charge in [-0.15, -0.1) is 0 Å². The van der Waals surface area contributed by atoms with Gasteiger partial charge in [-0.2, -0.15) is 0 Å². The summed E-state index contributed by atoms with van der Waals surface area (Å²) in [6.45, 7) is -0.0719. The van der Waals surface area contributed by atoms with Gasteiger partial charge >= 0.3 is 0 Å². The van der Waals surface area contributed by atoms with E-state index in [-0.39, 0.29) is 30.2 Å². The zero-order chi connectivity index (χ0) is 24.5. The number of anilines is 1. The molecule has 0 aromatic heterocycles. The molecular weight excluding hydrogens is 440 g/mol. The summed E-state index contributed by atoms with van der Waals surface area (Å²) in [7, 11) is 2.96. The molecule has 9 nitrogen and oxygen atoms in total. The maximum Gasteiger partial charge on any atom is 0.255 e. The van der Waals surface area contributed by atoms with Crippen LogP contribution in [0, 0.1) is 0 Å². The Kier molecular flexibility index (Phi) is 8.31. The van der Waals surface area contributed by atoms with Gasteiger partial charge in [-0.25, -0.2) is 0 Å². The lowest BCUT2D eigenvalue weighted by atomic mass is 10.1. The Hall–Kier alpha value is -4.24. The number of para-hydroxylation sites is 1. The van der Waals surface area contributed by atoms with E-state index in [1.54, 1.807) is 30.3 Å². The highest BCUT2D eigenvalue weighted by atomic mass is 16.5. The van der Waals surface area contributed by atoms with Crippen molar-refractivity contribution in [1.82, 2.24) is 5.32 Å². The van der Waals surface area contributed by atoms with Gasteiger partial charge in [0.25, 0.3) is 11.8 Å². The van der Waals surface area contributed by atoms with Gasteiger partial charge in [0.15, 0.2) is 0 Å². The number of hydrogen-bond acceptors (Lipinski definition) is 7. The number of methoxy groups -OCH3 is 2. The number of hydrogen-bond donors (Lipinski definition) is 4. The number of phenolic OH excluding ortho intramolecular Hbond substituents is 1. The quantitative estimate of drug-likeness (QED) is 0.362. The SMILES string of the molecule is COc1cc(OC)cc(C(=O)Nc2ccc(C(=O)NC[C@@H](O)COc3ccccc3)c(O)c2)c1. The molecule has 0 unspecified atom stereocenters. The maximum atomic E-state index is 12.6. The second-order valence-corrected chi connectivity index (χ2v) is 7.28. The summed E-state index contributed by atoms with van der Waals surface area (Å²) >= 11 is 0. The van der Waals surface area contributed by atoms with Crippen LogP contribution in [0.3, 0.4) is 0 Å². The molecule has 0 aliphatic rings. The molecule has 1 atom stereocenters. The smallest absolute Gasteiger partial charge is 0.255 e. The van der Waals surface area contributed by atoms with Crippen LogP contribution in [0.1, 0.15) is 20.7 Å². The van der Waals surface area contributed by atoms with Gasteiger partial charge in [-0.1, -0.05) is 18.2 Å². The first kappa shape index (κ1) is 24.4. The Morgan fingerprint density at radius 3 is 2.18 bits per heavy atom. The largest absolute Gasteiger partial charge is 0.507 e. The van der Waals surface area contributed by atoms with Crippen LogP contribution >= 0.6 is 0 Å². The van der Waals surface area contributed by atoms with Gasteiger partial charge in [0.1, 0.15) is 35.7 Å². The third-order valence-electron chi connectivity index (χ3n) is 4.80. The van der Waals surface area contributed by atoms with Gasteiger partial charge in [0.2, 0.25) is 0 Å². The van der Waals surface area contributed by atoms with E-state index in [1.165, 1.54) is 32.4 Å². The Bertz CT molecular complexity index is 1110. The van der Waals surface area contributed by atoms with Gasteiger partial charge in [-0.05, 0) is 36.4 Å². The van der Waals surface area contributed by atoms with Crippen molar-refractivity contribution in [3.63, 3.8) is 0 Å². The van der Waals surface area contributed by atoms with Gasteiger partial charge < -0.3 is 35.1 Å². The lowest BCUT2D eigenvalue weighted by Crippen LogP contribution is -2.35. The molecule has 0 bridgehead atoms. The molecule has 3 aromatic carbocycles. The summed E-state index contributed by atoms with van der Waals surface area (Å²) < 4.78 is 15.8. The third kappa shape index (κ3) is 6.63. The van der Waals surface area contributed by atoms with Crippen LogP contribution < -0.4 is 24.8 Å². The number of phenols is 1. The number of amides is 2. The van der Waals surface area contributed by atoms with E-state index in [4.69, 9.17) is 14.2 Å². The molecule has 3 rings (SSSR count). The van der Waals surface area contributed by atoms with Crippen molar-refractivity contribution in [2.45, 2.75) is 6.10 Å². The van der Waals surface area contributed by atoms with Gasteiger partial charge in [-0.3, -0.25) is 9.59 Å². The molecule has 0 aliphatic carbocycles. The molecule has 3 aromatic rings. The molecule has 178 valence electrons. The van der Waals surface area contributed by atoms with Crippen LogP contribution in [0.2, 0.25) is 0 Å². The molecule has 0 saturated carbocycles. The Morgan fingerprint density at radius 2 is 1.56 bits per heavy atom. The average Bonchev–Trinajstić information content (AvgIpc) is 2.86. The van der Waals surface area contributed by atoms with Crippen LogP contribution in [0.4, 0.5) is 5.69 Å². The average molecular weight is 466 g/mol. The fraction of sp³-hybridized carbons (Fsp3) is 0.200. The number of aliphatic hydroxyl groups excluding tert-OH is 1. The number of rotatable bonds is 10. The van der Waals surface area contributed by atoms with Crippen molar-refractivity contribution in [1.29, 1.82) is 0 Å². The van der Waals surface area contributed by atoms with Crippen molar-refractivity contribution in [2.24, 2.45) is 0 Å². The molecule has 4 N–H and O–H groups in total. The minimum absolute atomic E-state index is 0.00257.